The van der Waals surface area contributed by atoms with Crippen LogP contribution in [0, 0.1) is 0 Å². The number of carbonyl (C=O) groups excluding carboxylic acids is 1. The highest BCUT2D eigenvalue weighted by Crippen LogP contribution is 2.34. The van der Waals surface area contributed by atoms with Crippen LogP contribution in [0.1, 0.15) is 63.1 Å². The molecule has 1 amide bonds. The van der Waals surface area contributed by atoms with Crippen molar-refractivity contribution < 1.29 is 9.53 Å². The monoisotopic (exact) mass is 327 g/mol. The highest BCUT2D eigenvalue weighted by atomic mass is 16.6. The first-order valence-corrected chi connectivity index (χ1v) is 8.62. The van der Waals surface area contributed by atoms with Crippen LogP contribution >= 0.6 is 0 Å². The first-order valence-electron chi connectivity index (χ1n) is 8.62. The van der Waals surface area contributed by atoms with Crippen molar-refractivity contribution in [2.45, 2.75) is 52.1 Å². The van der Waals surface area contributed by atoms with E-state index in [1.165, 1.54) is 11.1 Å². The summed E-state index contributed by atoms with van der Waals surface area (Å²) in [6.07, 6.45) is 3.61. The molecule has 0 bridgehead atoms. The van der Waals surface area contributed by atoms with Gasteiger partial charge in [0.25, 0.3) is 0 Å². The molecule has 1 aliphatic heterocycles. The third-order valence-electron chi connectivity index (χ3n) is 4.39. The summed E-state index contributed by atoms with van der Waals surface area (Å²) < 4.78 is 5.47. The lowest BCUT2D eigenvalue weighted by Crippen LogP contribution is -2.41. The Balaban J connectivity index is 2.10. The lowest BCUT2D eigenvalue weighted by Gasteiger charge is -2.34. The number of carbonyl (C=O) groups is 1. The predicted octanol–water partition coefficient (Wildman–Crippen LogP) is 5.48. The Kier molecular flexibility index (Phi) is 5.53. The van der Waals surface area contributed by atoms with Crippen LogP contribution in [-0.4, -0.2) is 29.7 Å². The van der Waals surface area contributed by atoms with E-state index in [9.17, 15) is 4.79 Å². The number of ether oxygens (including phenoxy) is 1. The largest absolute Gasteiger partial charge is 0.444 e. The van der Waals surface area contributed by atoms with Gasteiger partial charge in [-0.25, -0.2) is 4.79 Å². The van der Waals surface area contributed by atoms with Crippen molar-refractivity contribution in [2.24, 2.45) is 0 Å². The summed E-state index contributed by atoms with van der Waals surface area (Å²) in [6, 6.07) is 6.36. The Labute approximate surface area is 146 Å². The zero-order valence-electron chi connectivity index (χ0n) is 15.4. The lowest BCUT2D eigenvalue weighted by molar-refractivity contribution is 0.0205. The van der Waals surface area contributed by atoms with Gasteiger partial charge in [0.1, 0.15) is 5.60 Å². The van der Waals surface area contributed by atoms with Crippen LogP contribution in [0.4, 0.5) is 4.79 Å². The van der Waals surface area contributed by atoms with E-state index in [1.807, 2.05) is 38.7 Å². The van der Waals surface area contributed by atoms with Crippen LogP contribution in [0.3, 0.4) is 0 Å². The normalized spacial score (nSPS) is 15.9. The van der Waals surface area contributed by atoms with Crippen LogP contribution < -0.4 is 0 Å². The zero-order valence-corrected chi connectivity index (χ0v) is 15.4. The number of rotatable bonds is 3. The second-order valence-corrected chi connectivity index (χ2v) is 7.53. The molecule has 0 saturated carbocycles. The van der Waals surface area contributed by atoms with Gasteiger partial charge in [0, 0.05) is 13.1 Å². The Morgan fingerprint density at radius 2 is 1.92 bits per heavy atom. The summed E-state index contributed by atoms with van der Waals surface area (Å²) in [7, 11) is 0. The number of piperidine rings is 1. The molecule has 1 fully saturated rings. The highest BCUT2D eigenvalue weighted by molar-refractivity contribution is 5.73. The number of hydrogen-bond donors (Lipinski definition) is 0. The number of amides is 1. The predicted molar refractivity (Wildman–Crippen MR) is 101 cm³/mol. The summed E-state index contributed by atoms with van der Waals surface area (Å²) in [6.45, 7) is 17.2. The van der Waals surface area contributed by atoms with Gasteiger partial charge in [0.15, 0.2) is 0 Å². The Bertz CT molecular complexity index is 632. The van der Waals surface area contributed by atoms with Crippen molar-refractivity contribution in [3.05, 3.63) is 48.0 Å². The average molecular weight is 327 g/mol. The van der Waals surface area contributed by atoms with Crippen LogP contribution in [0.25, 0.3) is 11.6 Å². The molecule has 0 atom stereocenters. The topological polar surface area (TPSA) is 29.5 Å². The molecule has 1 aromatic carbocycles. The molecular formula is C21H29NO2. The van der Waals surface area contributed by atoms with Crippen molar-refractivity contribution in [2.75, 3.05) is 13.1 Å². The minimum Gasteiger partial charge on any atom is -0.444 e. The molecule has 130 valence electrons. The van der Waals surface area contributed by atoms with E-state index in [0.717, 1.165) is 37.1 Å². The van der Waals surface area contributed by atoms with Crippen LogP contribution in [0.15, 0.2) is 31.4 Å². The molecule has 1 saturated heterocycles. The smallest absolute Gasteiger partial charge is 0.410 e. The van der Waals surface area contributed by atoms with Gasteiger partial charge in [0.05, 0.1) is 0 Å². The summed E-state index contributed by atoms with van der Waals surface area (Å²) in [5, 5.41) is 0. The fourth-order valence-electron chi connectivity index (χ4n) is 3.24. The summed E-state index contributed by atoms with van der Waals surface area (Å²) in [5.41, 5.74) is 4.27. The van der Waals surface area contributed by atoms with E-state index in [1.54, 1.807) is 0 Å². The van der Waals surface area contributed by atoms with E-state index in [4.69, 9.17) is 4.74 Å². The van der Waals surface area contributed by atoms with E-state index in [-0.39, 0.29) is 6.09 Å². The quantitative estimate of drug-likeness (QED) is 0.736. The van der Waals surface area contributed by atoms with Crippen LogP contribution in [0.2, 0.25) is 0 Å². The molecule has 0 radical (unpaired) electrons. The van der Waals surface area contributed by atoms with Gasteiger partial charge >= 0.3 is 6.09 Å². The first kappa shape index (κ1) is 18.3. The SMILES string of the molecule is C=Cc1c(C(=C)C)cccc1C1CCN(C(=O)OC(C)(C)C)CC1. The van der Waals surface area contributed by atoms with Gasteiger partial charge in [-0.2, -0.15) is 0 Å². The van der Waals surface area contributed by atoms with Crippen LogP contribution in [0.5, 0.6) is 0 Å². The molecule has 1 aromatic rings. The van der Waals surface area contributed by atoms with Crippen LogP contribution in [-0.2, 0) is 4.74 Å². The molecule has 0 aromatic heterocycles. The number of allylic oxidation sites excluding steroid dienone is 1. The Morgan fingerprint density at radius 3 is 2.42 bits per heavy atom. The molecule has 1 heterocycles. The fourth-order valence-corrected chi connectivity index (χ4v) is 3.24. The second kappa shape index (κ2) is 7.25. The third kappa shape index (κ3) is 4.28. The molecular weight excluding hydrogens is 298 g/mol. The van der Waals surface area contributed by atoms with Gasteiger partial charge in [-0.15, -0.1) is 0 Å². The average Bonchev–Trinajstić information content (AvgIpc) is 2.52. The first-order chi connectivity index (χ1) is 11.2. The zero-order chi connectivity index (χ0) is 17.9. The highest BCUT2D eigenvalue weighted by Gasteiger charge is 2.28. The van der Waals surface area contributed by atoms with E-state index < -0.39 is 5.60 Å². The van der Waals surface area contributed by atoms with Gasteiger partial charge < -0.3 is 9.64 Å². The van der Waals surface area contributed by atoms with Gasteiger partial charge in [0.2, 0.25) is 0 Å². The van der Waals surface area contributed by atoms with Gasteiger partial charge in [-0.1, -0.05) is 43.0 Å². The number of nitrogens with zero attached hydrogens (tertiary/aromatic N) is 1. The number of benzene rings is 1. The minimum absolute atomic E-state index is 0.208. The number of likely N-dealkylation sites (tertiary alicyclic amines) is 1. The van der Waals surface area contributed by atoms with Gasteiger partial charge in [-0.05, 0) is 63.1 Å². The molecule has 3 heteroatoms. The maximum absolute atomic E-state index is 12.2. The maximum Gasteiger partial charge on any atom is 0.410 e. The fraction of sp³-hybridized carbons (Fsp3) is 0.476. The van der Waals surface area contributed by atoms with Crippen molar-refractivity contribution in [1.82, 2.24) is 4.90 Å². The molecule has 0 unspecified atom stereocenters. The third-order valence-corrected chi connectivity index (χ3v) is 4.39. The van der Waals surface area contributed by atoms with Crippen molar-refractivity contribution in [3.63, 3.8) is 0 Å². The van der Waals surface area contributed by atoms with Crippen molar-refractivity contribution >= 4 is 17.7 Å². The minimum atomic E-state index is -0.445. The van der Waals surface area contributed by atoms with E-state index in [2.05, 4.69) is 31.4 Å². The number of hydrogen-bond acceptors (Lipinski definition) is 2. The molecule has 0 spiro atoms. The Morgan fingerprint density at radius 1 is 1.29 bits per heavy atom. The Hall–Kier alpha value is -2.03. The molecule has 24 heavy (non-hydrogen) atoms. The standard InChI is InChI=1S/C21H29NO2/c1-7-17-18(15(2)3)9-8-10-19(17)16-11-13-22(14-12-16)20(23)24-21(4,5)6/h7-10,16H,1-2,11-14H2,3-6H3. The summed E-state index contributed by atoms with van der Waals surface area (Å²) >= 11 is 0. The maximum atomic E-state index is 12.2. The second-order valence-electron chi connectivity index (χ2n) is 7.53. The van der Waals surface area contributed by atoms with Crippen molar-refractivity contribution in [1.29, 1.82) is 0 Å². The summed E-state index contributed by atoms with van der Waals surface area (Å²) in [4.78, 5) is 14.0. The molecule has 1 aliphatic rings. The summed E-state index contributed by atoms with van der Waals surface area (Å²) in [5.74, 6) is 0.441. The molecule has 0 aliphatic carbocycles. The van der Waals surface area contributed by atoms with E-state index in [0.29, 0.717) is 5.92 Å². The molecule has 0 N–H and O–H groups in total. The van der Waals surface area contributed by atoms with Crippen molar-refractivity contribution in [3.8, 4) is 0 Å². The molecule has 2 rings (SSSR count). The van der Waals surface area contributed by atoms with E-state index >= 15 is 0 Å². The van der Waals surface area contributed by atoms with Gasteiger partial charge in [-0.3, -0.25) is 0 Å². The molecule has 3 nitrogen and oxygen atoms in total. The lowest BCUT2D eigenvalue weighted by atomic mass is 9.84.